The van der Waals surface area contributed by atoms with Crippen molar-refractivity contribution in [1.82, 2.24) is 4.90 Å². The Morgan fingerprint density at radius 1 is 1.05 bits per heavy atom. The van der Waals surface area contributed by atoms with Gasteiger partial charge >= 0.3 is 0 Å². The van der Waals surface area contributed by atoms with Crippen LogP contribution in [0.4, 0.5) is 5.69 Å². The molecule has 3 rings (SSSR count). The zero-order valence-electron chi connectivity index (χ0n) is 12.0. The first-order chi connectivity index (χ1) is 9.77. The molecule has 1 saturated heterocycles. The van der Waals surface area contributed by atoms with E-state index in [1.807, 2.05) is 25.2 Å². The molecule has 4 nitrogen and oxygen atoms in total. The molecule has 0 bridgehead atoms. The number of carbonyl (C=O) groups excluding carboxylic acids is 1. The van der Waals surface area contributed by atoms with Crippen LogP contribution in [-0.2, 0) is 4.79 Å². The van der Waals surface area contributed by atoms with Crippen molar-refractivity contribution in [2.75, 3.05) is 31.6 Å². The minimum atomic E-state index is 0.0577. The molecule has 0 saturated carbocycles. The number of amides is 1. The molecule has 1 fully saturated rings. The topological polar surface area (TPSA) is 35.9 Å². The lowest BCUT2D eigenvalue weighted by atomic mass is 10.1. The number of fused-ring (bicyclic) bond motifs is 1. The molecular formula is C16H21N3O. The predicted octanol–water partition coefficient (Wildman–Crippen LogP) is 2.29. The van der Waals surface area contributed by atoms with Crippen molar-refractivity contribution >= 4 is 17.4 Å². The molecule has 0 aromatic heterocycles. The molecule has 4 heteroatoms. The number of benzodiazepines with no additional fused rings is 1. The van der Waals surface area contributed by atoms with E-state index in [2.05, 4.69) is 16.0 Å². The number of likely N-dealkylation sites (tertiary alicyclic amines) is 1. The fraction of sp³-hybridized carbons (Fsp3) is 0.500. The highest BCUT2D eigenvalue weighted by atomic mass is 16.2. The average molecular weight is 271 g/mol. The molecule has 0 N–H and O–H groups in total. The maximum atomic E-state index is 12.1. The maximum absolute atomic E-state index is 12.1. The van der Waals surface area contributed by atoms with Gasteiger partial charge in [-0.1, -0.05) is 25.0 Å². The predicted molar refractivity (Wildman–Crippen MR) is 81.3 cm³/mol. The van der Waals surface area contributed by atoms with E-state index in [-0.39, 0.29) is 12.5 Å². The Kier molecular flexibility index (Phi) is 3.72. The van der Waals surface area contributed by atoms with Gasteiger partial charge in [0, 0.05) is 25.7 Å². The first-order valence-electron chi connectivity index (χ1n) is 7.43. The molecule has 0 radical (unpaired) electrons. The maximum Gasteiger partial charge on any atom is 0.248 e. The number of rotatable bonds is 0. The van der Waals surface area contributed by atoms with E-state index in [9.17, 15) is 4.79 Å². The molecule has 106 valence electrons. The smallest absolute Gasteiger partial charge is 0.248 e. The Labute approximate surface area is 120 Å². The summed E-state index contributed by atoms with van der Waals surface area (Å²) in [5, 5.41) is 0. The first-order valence-corrected chi connectivity index (χ1v) is 7.43. The van der Waals surface area contributed by atoms with E-state index in [4.69, 9.17) is 0 Å². The van der Waals surface area contributed by atoms with Gasteiger partial charge in [-0.25, -0.2) is 0 Å². The van der Waals surface area contributed by atoms with Crippen LogP contribution < -0.4 is 4.90 Å². The Balaban J connectivity index is 2.01. The number of anilines is 1. The van der Waals surface area contributed by atoms with Crippen LogP contribution in [0.2, 0.25) is 0 Å². The van der Waals surface area contributed by atoms with Crippen LogP contribution in [0.5, 0.6) is 0 Å². The van der Waals surface area contributed by atoms with Gasteiger partial charge in [0.15, 0.2) is 0 Å². The number of para-hydroxylation sites is 1. The van der Waals surface area contributed by atoms with Crippen LogP contribution in [0.15, 0.2) is 29.3 Å². The molecule has 1 amide bonds. The number of nitrogens with zero attached hydrogens (tertiary/aromatic N) is 3. The third kappa shape index (κ3) is 2.42. The van der Waals surface area contributed by atoms with Gasteiger partial charge in [-0.2, -0.15) is 0 Å². The Bertz CT molecular complexity index is 530. The third-order valence-electron chi connectivity index (χ3n) is 4.15. The summed E-state index contributed by atoms with van der Waals surface area (Å²) in [7, 11) is 1.84. The van der Waals surface area contributed by atoms with Gasteiger partial charge in [0.1, 0.15) is 12.4 Å². The number of benzene rings is 1. The molecule has 0 unspecified atom stereocenters. The second-order valence-corrected chi connectivity index (χ2v) is 5.51. The second-order valence-electron chi connectivity index (χ2n) is 5.51. The Hall–Kier alpha value is -1.84. The molecule has 2 heterocycles. The number of likely N-dealkylation sites (N-methyl/N-ethyl adjacent to an activating group) is 1. The van der Waals surface area contributed by atoms with Crippen molar-refractivity contribution in [1.29, 1.82) is 0 Å². The van der Waals surface area contributed by atoms with E-state index in [0.29, 0.717) is 0 Å². The Morgan fingerprint density at radius 3 is 2.50 bits per heavy atom. The summed E-state index contributed by atoms with van der Waals surface area (Å²) in [5.41, 5.74) is 2.06. The summed E-state index contributed by atoms with van der Waals surface area (Å²) in [5.74, 6) is 1.06. The van der Waals surface area contributed by atoms with Crippen LogP contribution in [0, 0.1) is 0 Å². The third-order valence-corrected chi connectivity index (χ3v) is 4.15. The van der Waals surface area contributed by atoms with E-state index < -0.39 is 0 Å². The quantitative estimate of drug-likeness (QED) is 0.726. The van der Waals surface area contributed by atoms with Gasteiger partial charge in [-0.15, -0.1) is 0 Å². The monoisotopic (exact) mass is 271 g/mol. The van der Waals surface area contributed by atoms with Crippen LogP contribution in [0.1, 0.15) is 31.2 Å². The van der Waals surface area contributed by atoms with Gasteiger partial charge in [0.05, 0.1) is 5.69 Å². The van der Waals surface area contributed by atoms with Crippen LogP contribution in [-0.4, -0.2) is 43.3 Å². The van der Waals surface area contributed by atoms with Gasteiger partial charge in [0.25, 0.3) is 0 Å². The zero-order chi connectivity index (χ0) is 13.9. The molecule has 2 aliphatic rings. The van der Waals surface area contributed by atoms with E-state index >= 15 is 0 Å². The number of aliphatic imine (C=N–C) groups is 1. The van der Waals surface area contributed by atoms with Gasteiger partial charge in [0.2, 0.25) is 5.91 Å². The first kappa shape index (κ1) is 13.2. The highest BCUT2D eigenvalue weighted by molar-refractivity contribution is 6.10. The van der Waals surface area contributed by atoms with Gasteiger partial charge < -0.3 is 9.80 Å². The highest BCUT2D eigenvalue weighted by Crippen LogP contribution is 2.25. The normalized spacial score (nSPS) is 20.1. The van der Waals surface area contributed by atoms with Crippen molar-refractivity contribution < 1.29 is 4.79 Å². The van der Waals surface area contributed by atoms with Crippen molar-refractivity contribution in [2.45, 2.75) is 25.7 Å². The SMILES string of the molecule is CN1C(=O)CN=C(N2CCCCCC2)c2ccccc21. The van der Waals surface area contributed by atoms with Crippen molar-refractivity contribution in [3.05, 3.63) is 29.8 Å². The van der Waals surface area contributed by atoms with Crippen LogP contribution >= 0.6 is 0 Å². The lowest BCUT2D eigenvalue weighted by molar-refractivity contribution is -0.116. The molecule has 0 spiro atoms. The van der Waals surface area contributed by atoms with E-state index in [1.54, 1.807) is 4.90 Å². The molecule has 20 heavy (non-hydrogen) atoms. The minimum absolute atomic E-state index is 0.0577. The molecular weight excluding hydrogens is 250 g/mol. The molecule has 1 aromatic carbocycles. The average Bonchev–Trinajstić information content (AvgIpc) is 2.81. The number of amidine groups is 1. The molecule has 0 atom stereocenters. The number of hydrogen-bond donors (Lipinski definition) is 0. The van der Waals surface area contributed by atoms with Crippen LogP contribution in [0.25, 0.3) is 0 Å². The fourth-order valence-electron chi connectivity index (χ4n) is 2.98. The molecule has 2 aliphatic heterocycles. The van der Waals surface area contributed by atoms with Crippen LogP contribution in [0.3, 0.4) is 0 Å². The lowest BCUT2D eigenvalue weighted by Crippen LogP contribution is -2.33. The van der Waals surface area contributed by atoms with Gasteiger partial charge in [-0.3, -0.25) is 9.79 Å². The largest absolute Gasteiger partial charge is 0.356 e. The summed E-state index contributed by atoms with van der Waals surface area (Å²) in [6.07, 6.45) is 5.02. The Morgan fingerprint density at radius 2 is 1.75 bits per heavy atom. The van der Waals surface area contributed by atoms with Crippen molar-refractivity contribution in [3.63, 3.8) is 0 Å². The summed E-state index contributed by atoms with van der Waals surface area (Å²) in [6, 6.07) is 8.09. The van der Waals surface area contributed by atoms with E-state index in [0.717, 1.165) is 30.2 Å². The number of hydrogen-bond acceptors (Lipinski definition) is 3. The molecule has 1 aromatic rings. The second kappa shape index (κ2) is 5.65. The highest BCUT2D eigenvalue weighted by Gasteiger charge is 2.24. The summed E-state index contributed by atoms with van der Waals surface area (Å²) in [4.78, 5) is 20.8. The van der Waals surface area contributed by atoms with E-state index in [1.165, 1.54) is 25.7 Å². The molecule has 0 aliphatic carbocycles. The number of carbonyl (C=O) groups is 1. The van der Waals surface area contributed by atoms with Gasteiger partial charge in [-0.05, 0) is 25.0 Å². The zero-order valence-corrected chi connectivity index (χ0v) is 12.0. The standard InChI is InChI=1S/C16H21N3O/c1-18-14-9-5-4-8-13(14)16(17-12-15(18)20)19-10-6-2-3-7-11-19/h4-5,8-9H,2-3,6-7,10-12H2,1H3. The summed E-state index contributed by atoms with van der Waals surface area (Å²) >= 11 is 0. The summed E-state index contributed by atoms with van der Waals surface area (Å²) in [6.45, 7) is 2.34. The van der Waals surface area contributed by atoms with Crippen molar-refractivity contribution in [2.24, 2.45) is 4.99 Å². The lowest BCUT2D eigenvalue weighted by Gasteiger charge is -2.25. The van der Waals surface area contributed by atoms with Crippen molar-refractivity contribution in [3.8, 4) is 0 Å². The fourth-order valence-corrected chi connectivity index (χ4v) is 2.98. The summed E-state index contributed by atoms with van der Waals surface area (Å²) < 4.78 is 0. The minimum Gasteiger partial charge on any atom is -0.356 e.